The number of H-pyrrole nitrogens is 1. The van der Waals surface area contributed by atoms with Crippen LogP contribution in [0.15, 0.2) is 27.8 Å². The summed E-state index contributed by atoms with van der Waals surface area (Å²) in [5.74, 6) is 0.910. The average Bonchev–Trinajstić information content (AvgIpc) is 2.74. The van der Waals surface area contributed by atoms with Crippen molar-refractivity contribution in [3.05, 3.63) is 39.0 Å². The molecule has 4 N–H and O–H groups in total. The van der Waals surface area contributed by atoms with E-state index in [0.29, 0.717) is 30.3 Å². The number of anilines is 3. The predicted molar refractivity (Wildman–Crippen MR) is 126 cm³/mol. The summed E-state index contributed by atoms with van der Waals surface area (Å²) in [6, 6.07) is 5.03. The predicted octanol–water partition coefficient (Wildman–Crippen LogP) is 2.04. The number of aromatic amines is 1. The van der Waals surface area contributed by atoms with E-state index in [1.54, 1.807) is 23.1 Å². The first kappa shape index (κ1) is 24.8. The number of nitrogen functional groups attached to an aromatic ring is 1. The van der Waals surface area contributed by atoms with Crippen LogP contribution in [0.5, 0.6) is 11.5 Å². The number of ether oxygens (including phenoxy) is 2. The largest absolute Gasteiger partial charge is 0.497 e. The molecule has 32 heavy (non-hydrogen) atoms. The molecule has 1 amide bonds. The molecule has 10 nitrogen and oxygen atoms in total. The highest BCUT2D eigenvalue weighted by Crippen LogP contribution is 2.26. The van der Waals surface area contributed by atoms with Crippen LogP contribution in [-0.4, -0.2) is 42.8 Å². The summed E-state index contributed by atoms with van der Waals surface area (Å²) in [5.41, 5.74) is 5.69. The smallest absolute Gasteiger partial charge is 0.330 e. The lowest BCUT2D eigenvalue weighted by Gasteiger charge is -2.26. The Morgan fingerprint density at radius 2 is 1.81 bits per heavy atom. The number of methoxy groups -OCH3 is 2. The van der Waals surface area contributed by atoms with Crippen LogP contribution in [0.25, 0.3) is 0 Å². The fourth-order valence-corrected chi connectivity index (χ4v) is 3.30. The molecule has 1 heterocycles. The van der Waals surface area contributed by atoms with E-state index in [4.69, 9.17) is 15.2 Å². The van der Waals surface area contributed by atoms with Gasteiger partial charge in [-0.25, -0.2) is 4.79 Å². The molecule has 0 saturated heterocycles. The minimum atomic E-state index is -0.612. The molecule has 0 atom stereocenters. The van der Waals surface area contributed by atoms with Crippen LogP contribution in [0.2, 0.25) is 0 Å². The minimum Gasteiger partial charge on any atom is -0.497 e. The van der Waals surface area contributed by atoms with Crippen molar-refractivity contribution in [3.63, 3.8) is 0 Å². The van der Waals surface area contributed by atoms with Gasteiger partial charge in [-0.05, 0) is 12.3 Å². The van der Waals surface area contributed by atoms with Gasteiger partial charge in [0.15, 0.2) is 0 Å². The number of hydrogen-bond donors (Lipinski definition) is 3. The molecule has 2 aromatic rings. The van der Waals surface area contributed by atoms with Gasteiger partial charge in [-0.1, -0.05) is 27.2 Å². The lowest BCUT2D eigenvalue weighted by atomic mass is 10.2. The summed E-state index contributed by atoms with van der Waals surface area (Å²) < 4.78 is 11.8. The van der Waals surface area contributed by atoms with Crippen LogP contribution in [0.4, 0.5) is 17.2 Å². The second kappa shape index (κ2) is 11.3. The van der Waals surface area contributed by atoms with Crippen molar-refractivity contribution in [1.82, 2.24) is 9.55 Å². The zero-order chi connectivity index (χ0) is 23.8. The van der Waals surface area contributed by atoms with Crippen molar-refractivity contribution in [1.29, 1.82) is 0 Å². The van der Waals surface area contributed by atoms with Crippen LogP contribution in [-0.2, 0) is 11.3 Å². The van der Waals surface area contributed by atoms with Crippen molar-refractivity contribution in [2.45, 2.75) is 40.2 Å². The molecule has 176 valence electrons. The summed E-state index contributed by atoms with van der Waals surface area (Å²) in [5, 5.41) is 2.80. The zero-order valence-electron chi connectivity index (χ0n) is 19.4. The highest BCUT2D eigenvalue weighted by molar-refractivity contribution is 5.94. The van der Waals surface area contributed by atoms with Crippen LogP contribution >= 0.6 is 0 Å². The van der Waals surface area contributed by atoms with Crippen molar-refractivity contribution in [2.24, 2.45) is 5.92 Å². The lowest BCUT2D eigenvalue weighted by Crippen LogP contribution is -2.42. The van der Waals surface area contributed by atoms with Gasteiger partial charge in [-0.2, -0.15) is 0 Å². The number of hydrogen-bond acceptors (Lipinski definition) is 7. The summed E-state index contributed by atoms with van der Waals surface area (Å²) in [7, 11) is 3.04. The molecular formula is C22H33N5O5. The third kappa shape index (κ3) is 6.29. The number of amides is 1. The maximum absolute atomic E-state index is 12.9. The SMILES string of the molecule is CCCCN(CC(=O)Nc1cc(OC)cc(OC)c1)c1c(N)n(CC(C)C)c(=O)[nH]c1=O. The Hall–Kier alpha value is -3.43. The number of nitrogens with one attached hydrogen (secondary N) is 2. The average molecular weight is 448 g/mol. The maximum atomic E-state index is 12.9. The van der Waals surface area contributed by atoms with Crippen LogP contribution in [0.1, 0.15) is 33.6 Å². The highest BCUT2D eigenvalue weighted by Gasteiger charge is 2.21. The molecule has 1 aromatic heterocycles. The van der Waals surface area contributed by atoms with Gasteiger partial charge in [0.1, 0.15) is 23.0 Å². The minimum absolute atomic E-state index is 0.0550. The van der Waals surface area contributed by atoms with E-state index >= 15 is 0 Å². The van der Waals surface area contributed by atoms with E-state index < -0.39 is 11.2 Å². The standard InChI is InChI=1S/C22H33N5O5/c1-6-7-8-26(19-20(23)27(12-14(2)3)22(30)25-21(19)29)13-18(28)24-15-9-16(31-4)11-17(10-15)32-5/h9-11,14H,6-8,12-13,23H2,1-5H3,(H,24,28)(H,25,29,30). The number of carbonyl (C=O) groups excluding carboxylic acids is 1. The van der Waals surface area contributed by atoms with Gasteiger partial charge in [-0.3, -0.25) is 19.1 Å². The van der Waals surface area contributed by atoms with E-state index in [1.807, 2.05) is 20.8 Å². The number of nitrogens with zero attached hydrogens (tertiary/aromatic N) is 2. The Morgan fingerprint density at radius 3 is 2.34 bits per heavy atom. The van der Waals surface area contributed by atoms with E-state index in [1.165, 1.54) is 18.8 Å². The summed E-state index contributed by atoms with van der Waals surface area (Å²) >= 11 is 0. The first-order chi connectivity index (χ1) is 15.2. The molecule has 0 aliphatic carbocycles. The van der Waals surface area contributed by atoms with Gasteiger partial charge in [0.05, 0.1) is 20.8 Å². The zero-order valence-corrected chi connectivity index (χ0v) is 19.4. The monoisotopic (exact) mass is 447 g/mol. The maximum Gasteiger partial charge on any atom is 0.330 e. The van der Waals surface area contributed by atoms with Crippen LogP contribution in [0.3, 0.4) is 0 Å². The Kier molecular flexibility index (Phi) is 8.74. The fraction of sp³-hybridized carbons (Fsp3) is 0.500. The highest BCUT2D eigenvalue weighted by atomic mass is 16.5. The van der Waals surface area contributed by atoms with Crippen molar-refractivity contribution in [3.8, 4) is 11.5 Å². The van der Waals surface area contributed by atoms with Crippen molar-refractivity contribution in [2.75, 3.05) is 43.3 Å². The second-order valence-electron chi connectivity index (χ2n) is 7.92. The van der Waals surface area contributed by atoms with E-state index in [9.17, 15) is 14.4 Å². The van der Waals surface area contributed by atoms with E-state index in [0.717, 1.165) is 12.8 Å². The lowest BCUT2D eigenvalue weighted by molar-refractivity contribution is -0.115. The summed E-state index contributed by atoms with van der Waals surface area (Å²) in [6.07, 6.45) is 1.59. The number of nitrogens with two attached hydrogens (primary N) is 1. The Labute approximate surface area is 187 Å². The van der Waals surface area contributed by atoms with Gasteiger partial charge >= 0.3 is 5.69 Å². The molecule has 0 fully saturated rings. The molecule has 1 aromatic carbocycles. The molecule has 0 aliphatic rings. The summed E-state index contributed by atoms with van der Waals surface area (Å²) in [6.45, 7) is 6.56. The van der Waals surface area contributed by atoms with Crippen LogP contribution in [0, 0.1) is 5.92 Å². The van der Waals surface area contributed by atoms with Gasteiger partial charge in [-0.15, -0.1) is 0 Å². The third-order valence-electron chi connectivity index (χ3n) is 4.83. The van der Waals surface area contributed by atoms with Gasteiger partial charge < -0.3 is 25.4 Å². The number of benzene rings is 1. The van der Waals surface area contributed by atoms with Crippen molar-refractivity contribution < 1.29 is 14.3 Å². The molecule has 10 heteroatoms. The number of aromatic nitrogens is 2. The first-order valence-corrected chi connectivity index (χ1v) is 10.6. The molecular weight excluding hydrogens is 414 g/mol. The first-order valence-electron chi connectivity index (χ1n) is 10.6. The van der Waals surface area contributed by atoms with E-state index in [-0.39, 0.29) is 29.9 Å². The molecule has 2 rings (SSSR count). The molecule has 0 radical (unpaired) electrons. The molecule has 0 saturated carbocycles. The number of carbonyl (C=O) groups is 1. The topological polar surface area (TPSA) is 132 Å². The normalized spacial score (nSPS) is 10.8. The molecule has 0 aliphatic heterocycles. The molecule has 0 spiro atoms. The number of rotatable bonds is 11. The third-order valence-corrected chi connectivity index (χ3v) is 4.83. The van der Waals surface area contributed by atoms with Gasteiger partial charge in [0, 0.05) is 37.0 Å². The molecule has 0 unspecified atom stereocenters. The summed E-state index contributed by atoms with van der Waals surface area (Å²) in [4.78, 5) is 41.7. The Balaban J connectivity index is 2.36. The quantitative estimate of drug-likeness (QED) is 0.480. The van der Waals surface area contributed by atoms with Crippen molar-refractivity contribution >= 4 is 23.1 Å². The fourth-order valence-electron chi connectivity index (χ4n) is 3.30. The Morgan fingerprint density at radius 1 is 1.19 bits per heavy atom. The second-order valence-corrected chi connectivity index (χ2v) is 7.92. The Bertz CT molecular complexity index is 1020. The van der Waals surface area contributed by atoms with E-state index in [2.05, 4.69) is 10.3 Å². The van der Waals surface area contributed by atoms with Gasteiger partial charge in [0.2, 0.25) is 5.91 Å². The van der Waals surface area contributed by atoms with Crippen LogP contribution < -0.4 is 36.7 Å². The van der Waals surface area contributed by atoms with Gasteiger partial charge in [0.25, 0.3) is 5.56 Å². The molecule has 0 bridgehead atoms. The number of unbranched alkanes of at least 4 members (excludes halogenated alkanes) is 1.